The Morgan fingerprint density at radius 1 is 0.700 bits per heavy atom. The van der Waals surface area contributed by atoms with Gasteiger partial charge in [0.15, 0.2) is 0 Å². The van der Waals surface area contributed by atoms with Gasteiger partial charge in [0.25, 0.3) is 0 Å². The molecule has 0 aromatic rings. The van der Waals surface area contributed by atoms with Crippen molar-refractivity contribution in [2.75, 3.05) is 23.5 Å². The van der Waals surface area contributed by atoms with E-state index in [9.17, 15) is 0 Å². The van der Waals surface area contributed by atoms with Crippen LogP contribution in [0.3, 0.4) is 0 Å². The third-order valence-corrected chi connectivity index (χ3v) is 3.40. The molecule has 0 saturated heterocycles. The first kappa shape index (κ1) is 12.8. The second kappa shape index (κ2) is 5.91. The van der Waals surface area contributed by atoms with Crippen LogP contribution in [0, 0.1) is 5.41 Å². The molecular formula is C5H8Cl4No. The third kappa shape index (κ3) is 2.83. The molecule has 0 unspecified atom stereocenters. The van der Waals surface area contributed by atoms with Crippen molar-refractivity contribution < 1.29 is 0 Å². The Morgan fingerprint density at radius 3 is 0.900 bits per heavy atom. The molecule has 0 nitrogen and oxygen atoms in total. The van der Waals surface area contributed by atoms with Crippen LogP contribution >= 0.6 is 46.4 Å². The van der Waals surface area contributed by atoms with Crippen molar-refractivity contribution in [3.8, 4) is 0 Å². The van der Waals surface area contributed by atoms with E-state index in [2.05, 4.69) is 0 Å². The molecule has 0 rings (SSSR count). The van der Waals surface area contributed by atoms with Crippen molar-refractivity contribution in [3.05, 3.63) is 0 Å². The topological polar surface area (TPSA) is 0 Å². The molecule has 0 aliphatic rings. The first-order valence-corrected chi connectivity index (χ1v) is 4.62. The van der Waals surface area contributed by atoms with Gasteiger partial charge in [-0.15, -0.1) is 46.4 Å². The minimum atomic E-state index is -0.272. The molecular weight excluding hydrogens is 461 g/mol. The number of hydrogen-bond donors (Lipinski definition) is 0. The average Bonchev–Trinajstić information content (AvgIpc) is 1.95. The molecule has 0 aliphatic heterocycles. The minimum absolute atomic E-state index is 0. The van der Waals surface area contributed by atoms with Crippen molar-refractivity contribution in [2.45, 2.75) is 0 Å². The molecule has 0 aliphatic carbocycles. The van der Waals surface area contributed by atoms with Crippen LogP contribution < -0.4 is 0 Å². The maximum absolute atomic E-state index is 5.57. The monoisotopic (exact) mass is 467 g/mol. The third-order valence-electron chi connectivity index (χ3n) is 1.13. The molecule has 0 atom stereocenters. The van der Waals surface area contributed by atoms with Gasteiger partial charge >= 0.3 is 0 Å². The fourth-order valence-electron chi connectivity index (χ4n) is 0.214. The summed E-state index contributed by atoms with van der Waals surface area (Å²) in [4.78, 5) is 0. The fraction of sp³-hybridized carbons (Fsp3) is 1.00. The molecule has 0 aromatic heterocycles. The predicted molar refractivity (Wildman–Crippen MR) is 45.3 cm³/mol. The zero-order valence-electron chi connectivity index (χ0n) is 5.11. The van der Waals surface area contributed by atoms with Crippen molar-refractivity contribution in [2.24, 2.45) is 5.41 Å². The van der Waals surface area contributed by atoms with Gasteiger partial charge in [0.05, 0.1) is 0 Å². The molecule has 0 radical (unpaired) electrons. The summed E-state index contributed by atoms with van der Waals surface area (Å²) in [7, 11) is 0. The minimum Gasteiger partial charge on any atom is -0.126 e. The Bertz CT molecular complexity index is 56.5. The van der Waals surface area contributed by atoms with E-state index in [4.69, 9.17) is 46.4 Å². The Kier molecular flexibility index (Phi) is 7.56. The van der Waals surface area contributed by atoms with Crippen LogP contribution in [0.25, 0.3) is 0 Å². The van der Waals surface area contributed by atoms with Crippen LogP contribution in [0.5, 0.6) is 0 Å². The van der Waals surface area contributed by atoms with Crippen molar-refractivity contribution in [3.63, 3.8) is 0 Å². The molecule has 10 heavy (non-hydrogen) atoms. The van der Waals surface area contributed by atoms with Crippen molar-refractivity contribution in [1.82, 2.24) is 0 Å². The summed E-state index contributed by atoms with van der Waals surface area (Å²) in [5, 5.41) is 0. The smallest absolute Gasteiger partial charge is 0.0314 e. The maximum Gasteiger partial charge on any atom is 0.0314 e. The predicted octanol–water partition coefficient (Wildman–Crippen LogP) is 2.93. The summed E-state index contributed by atoms with van der Waals surface area (Å²) < 4.78 is 0. The van der Waals surface area contributed by atoms with Crippen LogP contribution in [0.4, 0.5) is 0 Å². The van der Waals surface area contributed by atoms with E-state index < -0.39 is 0 Å². The van der Waals surface area contributed by atoms with E-state index in [1.165, 1.54) is 0 Å². The van der Waals surface area contributed by atoms with Crippen LogP contribution in [-0.2, 0) is 0 Å². The van der Waals surface area contributed by atoms with Gasteiger partial charge in [-0.25, -0.2) is 0 Å². The molecule has 0 bridgehead atoms. The molecule has 0 fully saturated rings. The van der Waals surface area contributed by atoms with Gasteiger partial charge in [-0.1, -0.05) is 0 Å². The SMILES string of the molecule is ClCC(CCl)(CCl)CCl.[No]. The molecule has 70 valence electrons. The quantitative estimate of drug-likeness (QED) is 0.557. The van der Waals surface area contributed by atoms with E-state index in [0.29, 0.717) is 23.5 Å². The molecule has 0 spiro atoms. The largest absolute Gasteiger partial charge is 0.126 e. The first-order chi connectivity index (χ1) is 4.24. The number of rotatable bonds is 4. The first-order valence-electron chi connectivity index (χ1n) is 2.48. The number of alkyl halides is 4. The molecule has 0 N–H and O–H groups in total. The summed E-state index contributed by atoms with van der Waals surface area (Å²) in [6.45, 7) is 0. The van der Waals surface area contributed by atoms with Crippen molar-refractivity contribution in [1.29, 1.82) is 0 Å². The van der Waals surface area contributed by atoms with E-state index in [1.54, 1.807) is 0 Å². The van der Waals surface area contributed by atoms with Gasteiger partial charge in [-0.2, -0.15) is 0 Å². The summed E-state index contributed by atoms with van der Waals surface area (Å²) in [5.74, 6) is 1.68. The van der Waals surface area contributed by atoms with E-state index in [-0.39, 0.29) is 5.41 Å². The Morgan fingerprint density at radius 2 is 0.900 bits per heavy atom. The molecule has 0 heterocycles. The van der Waals surface area contributed by atoms with Crippen LogP contribution in [-0.4, -0.2) is 23.5 Å². The summed E-state index contributed by atoms with van der Waals surface area (Å²) in [6, 6.07) is 0. The van der Waals surface area contributed by atoms with Crippen LogP contribution in [0.15, 0.2) is 0 Å². The van der Waals surface area contributed by atoms with E-state index in [0.717, 1.165) is 0 Å². The maximum atomic E-state index is 5.57. The van der Waals surface area contributed by atoms with Gasteiger partial charge in [-0.05, 0) is 0 Å². The Hall–Kier alpha value is 0.160. The van der Waals surface area contributed by atoms with Gasteiger partial charge in [-0.3, -0.25) is 0 Å². The fourth-order valence-corrected chi connectivity index (χ4v) is 1.93. The summed E-state index contributed by atoms with van der Waals surface area (Å²) in [6.07, 6.45) is 0. The molecule has 0 saturated carbocycles. The molecule has 0 amide bonds. The van der Waals surface area contributed by atoms with Gasteiger partial charge in [0.1, 0.15) is 0 Å². The number of hydrogen-bond acceptors (Lipinski definition) is 0. The van der Waals surface area contributed by atoms with Gasteiger partial charge in [0, 0.05) is 28.9 Å². The Balaban J connectivity index is 0. The normalized spacial score (nSPS) is 10.8. The zero-order valence-corrected chi connectivity index (χ0v) is 10.4. The van der Waals surface area contributed by atoms with Crippen LogP contribution in [0.2, 0.25) is 0 Å². The average molecular weight is 469 g/mol. The van der Waals surface area contributed by atoms with Gasteiger partial charge < -0.3 is 0 Å². The zero-order chi connectivity index (χ0) is 7.33. The summed E-state index contributed by atoms with van der Waals surface area (Å²) >= 11 is 22.3. The van der Waals surface area contributed by atoms with Crippen molar-refractivity contribution >= 4 is 46.4 Å². The summed E-state index contributed by atoms with van der Waals surface area (Å²) in [5.41, 5.74) is -0.272. The standard InChI is InChI=1S/C5H8Cl4.No/c6-1-5(2-7,3-8)4-9;/h1-4H2;. The molecule has 5 heteroatoms. The Labute approximate surface area is 75.4 Å². The number of halogens is 4. The van der Waals surface area contributed by atoms with E-state index >= 15 is 0 Å². The van der Waals surface area contributed by atoms with E-state index in [1.807, 2.05) is 0 Å². The van der Waals surface area contributed by atoms with Gasteiger partial charge in [0.2, 0.25) is 0 Å². The van der Waals surface area contributed by atoms with Crippen LogP contribution in [0.1, 0.15) is 0 Å². The second-order valence-electron chi connectivity index (χ2n) is 2.03. The second-order valence-corrected chi connectivity index (χ2v) is 3.10. The molecule has 0 aromatic carbocycles.